The van der Waals surface area contributed by atoms with Crippen LogP contribution in [0.3, 0.4) is 0 Å². The predicted octanol–water partition coefficient (Wildman–Crippen LogP) is 2.33. The second-order valence-electron chi connectivity index (χ2n) is 6.15. The summed E-state index contributed by atoms with van der Waals surface area (Å²) in [6, 6.07) is 7.33. The highest BCUT2D eigenvalue weighted by Gasteiger charge is 2.30. The number of rotatable bonds is 3. The van der Waals surface area contributed by atoms with Gasteiger partial charge in [-0.15, -0.1) is 5.10 Å². The Kier molecular flexibility index (Phi) is 4.87. The van der Waals surface area contributed by atoms with Gasteiger partial charge in [0.05, 0.1) is 16.8 Å². The maximum absolute atomic E-state index is 12.7. The van der Waals surface area contributed by atoms with Crippen LogP contribution in [0.5, 0.6) is 0 Å². The van der Waals surface area contributed by atoms with Crippen molar-refractivity contribution in [1.82, 2.24) is 19.7 Å². The summed E-state index contributed by atoms with van der Waals surface area (Å²) >= 11 is 6.24. The number of aryl methyl sites for hydroxylation is 1. The lowest BCUT2D eigenvalue weighted by atomic mass is 9.96. The van der Waals surface area contributed by atoms with Crippen LogP contribution in [0.4, 0.5) is 0 Å². The van der Waals surface area contributed by atoms with Gasteiger partial charge in [0.15, 0.2) is 0 Å². The number of aliphatic hydroxyl groups is 1. The monoisotopic (exact) mass is 348 g/mol. The van der Waals surface area contributed by atoms with Crippen molar-refractivity contribution in [2.45, 2.75) is 32.8 Å². The molecule has 1 aliphatic heterocycles. The molecular formula is C17H21ClN4O2. The van der Waals surface area contributed by atoms with Crippen molar-refractivity contribution in [3.63, 3.8) is 0 Å². The lowest BCUT2D eigenvalue weighted by Crippen LogP contribution is -2.46. The fourth-order valence-corrected chi connectivity index (χ4v) is 3.07. The highest BCUT2D eigenvalue weighted by molar-refractivity contribution is 6.32. The third-order valence-electron chi connectivity index (χ3n) is 4.47. The second-order valence-corrected chi connectivity index (χ2v) is 6.56. The van der Waals surface area contributed by atoms with Gasteiger partial charge in [0.25, 0.3) is 5.91 Å². The van der Waals surface area contributed by atoms with E-state index in [1.165, 1.54) is 0 Å². The van der Waals surface area contributed by atoms with Crippen molar-refractivity contribution in [3.8, 4) is 5.69 Å². The molecule has 1 aromatic heterocycles. The number of halogens is 1. The first-order valence-electron chi connectivity index (χ1n) is 8.19. The van der Waals surface area contributed by atoms with Gasteiger partial charge in [-0.05, 0) is 24.5 Å². The minimum Gasteiger partial charge on any atom is -0.391 e. The molecule has 0 bridgehead atoms. The normalized spacial score (nSPS) is 21.1. The minimum atomic E-state index is -0.501. The molecule has 7 heteroatoms. The van der Waals surface area contributed by atoms with E-state index in [4.69, 9.17) is 11.6 Å². The Labute approximate surface area is 146 Å². The Bertz CT molecular complexity index is 746. The standard InChI is InChI=1S/C17H21ClN4O2/c1-3-15-19-16(17(24)21-9-8-11(2)14(23)10-21)20-22(15)13-7-5-4-6-12(13)18/h4-7,11,14,23H,3,8-10H2,1-2H3. The van der Waals surface area contributed by atoms with Crippen molar-refractivity contribution in [1.29, 1.82) is 0 Å². The van der Waals surface area contributed by atoms with E-state index in [9.17, 15) is 9.90 Å². The van der Waals surface area contributed by atoms with Gasteiger partial charge in [-0.1, -0.05) is 37.6 Å². The van der Waals surface area contributed by atoms with Gasteiger partial charge in [0, 0.05) is 19.5 Å². The third kappa shape index (κ3) is 3.16. The number of carbonyl (C=O) groups excluding carboxylic acids is 1. The van der Waals surface area contributed by atoms with E-state index in [1.807, 2.05) is 32.0 Å². The Hall–Kier alpha value is -1.92. The number of β-amino-alcohol motifs (C(OH)–C–C–N with tert-alkyl or cyclic N) is 1. The van der Waals surface area contributed by atoms with Gasteiger partial charge < -0.3 is 10.0 Å². The Morgan fingerprint density at radius 2 is 2.17 bits per heavy atom. The van der Waals surface area contributed by atoms with E-state index in [0.29, 0.717) is 36.0 Å². The molecule has 6 nitrogen and oxygen atoms in total. The number of aliphatic hydroxyl groups excluding tert-OH is 1. The molecule has 1 amide bonds. The van der Waals surface area contributed by atoms with Crippen LogP contribution in [0.2, 0.25) is 5.02 Å². The molecule has 0 spiro atoms. The zero-order chi connectivity index (χ0) is 17.3. The van der Waals surface area contributed by atoms with Gasteiger partial charge >= 0.3 is 0 Å². The molecule has 1 aliphatic rings. The molecular weight excluding hydrogens is 328 g/mol. The molecule has 1 saturated heterocycles. The van der Waals surface area contributed by atoms with E-state index < -0.39 is 6.10 Å². The van der Waals surface area contributed by atoms with Crippen LogP contribution in [0.15, 0.2) is 24.3 Å². The van der Waals surface area contributed by atoms with E-state index in [-0.39, 0.29) is 17.6 Å². The summed E-state index contributed by atoms with van der Waals surface area (Å²) < 4.78 is 1.62. The molecule has 0 radical (unpaired) electrons. The Morgan fingerprint density at radius 3 is 2.83 bits per heavy atom. The zero-order valence-corrected chi connectivity index (χ0v) is 14.6. The average Bonchev–Trinajstić information content (AvgIpc) is 3.01. The Morgan fingerprint density at radius 1 is 1.42 bits per heavy atom. The minimum absolute atomic E-state index is 0.147. The summed E-state index contributed by atoms with van der Waals surface area (Å²) in [6.45, 7) is 4.88. The number of nitrogens with zero attached hydrogens (tertiary/aromatic N) is 4. The molecule has 2 unspecified atom stereocenters. The summed E-state index contributed by atoms with van der Waals surface area (Å²) in [7, 11) is 0. The number of carbonyl (C=O) groups is 1. The van der Waals surface area contributed by atoms with Crippen LogP contribution < -0.4 is 0 Å². The molecule has 2 heterocycles. The smallest absolute Gasteiger partial charge is 0.293 e. The van der Waals surface area contributed by atoms with Gasteiger partial charge in [-0.25, -0.2) is 9.67 Å². The van der Waals surface area contributed by atoms with E-state index in [2.05, 4.69) is 10.1 Å². The molecule has 3 rings (SSSR count). The van der Waals surface area contributed by atoms with Gasteiger partial charge in [-0.3, -0.25) is 4.79 Å². The molecule has 1 N–H and O–H groups in total. The molecule has 128 valence electrons. The first-order valence-corrected chi connectivity index (χ1v) is 8.57. The summed E-state index contributed by atoms with van der Waals surface area (Å²) in [5.41, 5.74) is 0.704. The summed E-state index contributed by atoms with van der Waals surface area (Å²) in [5.74, 6) is 0.779. The lowest BCUT2D eigenvalue weighted by Gasteiger charge is -2.33. The van der Waals surface area contributed by atoms with Crippen LogP contribution in [-0.4, -0.2) is 49.9 Å². The molecule has 1 fully saturated rings. The van der Waals surface area contributed by atoms with Gasteiger partial charge in [0.2, 0.25) is 5.82 Å². The van der Waals surface area contributed by atoms with Crippen LogP contribution in [0.1, 0.15) is 36.7 Å². The van der Waals surface area contributed by atoms with E-state index >= 15 is 0 Å². The van der Waals surface area contributed by atoms with Crippen LogP contribution in [-0.2, 0) is 6.42 Å². The number of likely N-dealkylation sites (tertiary alicyclic amines) is 1. The number of hydrogen-bond acceptors (Lipinski definition) is 4. The summed E-state index contributed by atoms with van der Waals surface area (Å²) in [6.07, 6.45) is 0.906. The molecule has 0 aliphatic carbocycles. The van der Waals surface area contributed by atoms with Crippen molar-refractivity contribution in [3.05, 3.63) is 40.9 Å². The van der Waals surface area contributed by atoms with Crippen LogP contribution in [0, 0.1) is 5.92 Å². The highest BCUT2D eigenvalue weighted by Crippen LogP contribution is 2.22. The number of hydrogen-bond donors (Lipinski definition) is 1. The van der Waals surface area contributed by atoms with E-state index in [0.717, 1.165) is 6.42 Å². The Balaban J connectivity index is 1.90. The number of piperidine rings is 1. The fraction of sp³-hybridized carbons (Fsp3) is 0.471. The molecule has 2 atom stereocenters. The van der Waals surface area contributed by atoms with Gasteiger partial charge in [0.1, 0.15) is 5.82 Å². The van der Waals surface area contributed by atoms with Crippen molar-refractivity contribution < 1.29 is 9.90 Å². The maximum atomic E-state index is 12.7. The molecule has 2 aromatic rings. The zero-order valence-electron chi connectivity index (χ0n) is 13.8. The topological polar surface area (TPSA) is 71.2 Å². The van der Waals surface area contributed by atoms with Crippen molar-refractivity contribution >= 4 is 17.5 Å². The summed E-state index contributed by atoms with van der Waals surface area (Å²) in [5, 5.41) is 14.9. The van der Waals surface area contributed by atoms with E-state index in [1.54, 1.807) is 15.6 Å². The average molecular weight is 349 g/mol. The quantitative estimate of drug-likeness (QED) is 0.924. The number of amides is 1. The van der Waals surface area contributed by atoms with Crippen LogP contribution >= 0.6 is 11.6 Å². The first kappa shape index (κ1) is 16.9. The first-order chi connectivity index (χ1) is 11.5. The largest absolute Gasteiger partial charge is 0.391 e. The highest BCUT2D eigenvalue weighted by atomic mass is 35.5. The summed E-state index contributed by atoms with van der Waals surface area (Å²) in [4.78, 5) is 18.7. The molecule has 24 heavy (non-hydrogen) atoms. The second kappa shape index (κ2) is 6.91. The number of para-hydroxylation sites is 1. The number of aromatic nitrogens is 3. The van der Waals surface area contributed by atoms with Gasteiger partial charge in [-0.2, -0.15) is 0 Å². The number of benzene rings is 1. The lowest BCUT2D eigenvalue weighted by molar-refractivity contribution is 0.0241. The fourth-order valence-electron chi connectivity index (χ4n) is 2.85. The molecule has 1 aromatic carbocycles. The van der Waals surface area contributed by atoms with Crippen LogP contribution in [0.25, 0.3) is 5.69 Å². The van der Waals surface area contributed by atoms with Crippen molar-refractivity contribution in [2.24, 2.45) is 5.92 Å². The predicted molar refractivity (Wildman–Crippen MR) is 91.4 cm³/mol. The van der Waals surface area contributed by atoms with Crippen molar-refractivity contribution in [2.75, 3.05) is 13.1 Å². The molecule has 0 saturated carbocycles. The SMILES string of the molecule is CCc1nc(C(=O)N2CCC(C)C(O)C2)nn1-c1ccccc1Cl. The maximum Gasteiger partial charge on any atom is 0.293 e. The third-order valence-corrected chi connectivity index (χ3v) is 4.79.